The molecule has 1 heterocycles. The third-order valence-electron chi connectivity index (χ3n) is 5.64. The van der Waals surface area contributed by atoms with Crippen LogP contribution in [0, 0.1) is 29.1 Å². The molecule has 5 unspecified atom stereocenters. The molecule has 18 heavy (non-hydrogen) atoms. The molecule has 1 saturated heterocycles. The maximum absolute atomic E-state index is 4.86. The van der Waals surface area contributed by atoms with Crippen molar-refractivity contribution >= 4 is 12.6 Å². The summed E-state index contributed by atoms with van der Waals surface area (Å²) in [5, 5.41) is 4.26. The van der Waals surface area contributed by atoms with Crippen molar-refractivity contribution in [3.8, 4) is 0 Å². The van der Waals surface area contributed by atoms with E-state index in [0.717, 1.165) is 23.7 Å². The standard InChI is InChI=1S/C16H31NS/c1-5-12-7-13(18)6-11(2)14-9-17-10-15(14)16(3,4)8-12/h11-15,17-18H,5-10H2,1-4H3. The van der Waals surface area contributed by atoms with Crippen molar-refractivity contribution in [2.24, 2.45) is 29.1 Å². The van der Waals surface area contributed by atoms with Crippen LogP contribution in [0.15, 0.2) is 0 Å². The Balaban J connectivity index is 2.21. The van der Waals surface area contributed by atoms with Crippen molar-refractivity contribution in [1.29, 1.82) is 0 Å². The second-order valence-electron chi connectivity index (χ2n) is 7.50. The summed E-state index contributed by atoms with van der Waals surface area (Å²) >= 11 is 4.86. The number of fused-ring (bicyclic) bond motifs is 1. The van der Waals surface area contributed by atoms with Gasteiger partial charge in [-0.15, -0.1) is 0 Å². The van der Waals surface area contributed by atoms with Gasteiger partial charge in [0.1, 0.15) is 0 Å². The van der Waals surface area contributed by atoms with Crippen molar-refractivity contribution in [1.82, 2.24) is 5.32 Å². The summed E-state index contributed by atoms with van der Waals surface area (Å²) < 4.78 is 0. The lowest BCUT2D eigenvalue weighted by molar-refractivity contribution is 0.118. The second kappa shape index (κ2) is 5.75. The highest BCUT2D eigenvalue weighted by Gasteiger charge is 2.43. The van der Waals surface area contributed by atoms with Gasteiger partial charge in [-0.25, -0.2) is 0 Å². The highest BCUT2D eigenvalue weighted by Crippen LogP contribution is 2.46. The number of nitrogens with one attached hydrogen (secondary N) is 1. The van der Waals surface area contributed by atoms with E-state index in [2.05, 4.69) is 33.0 Å². The number of hydrogen-bond acceptors (Lipinski definition) is 2. The van der Waals surface area contributed by atoms with Gasteiger partial charge in [-0.2, -0.15) is 12.6 Å². The fourth-order valence-corrected chi connectivity index (χ4v) is 5.16. The van der Waals surface area contributed by atoms with Gasteiger partial charge in [0.25, 0.3) is 0 Å². The van der Waals surface area contributed by atoms with E-state index in [1.165, 1.54) is 38.8 Å². The molecule has 0 amide bonds. The first kappa shape index (κ1) is 14.7. The quantitative estimate of drug-likeness (QED) is 0.686. The molecule has 106 valence electrons. The molecule has 0 bridgehead atoms. The lowest BCUT2D eigenvalue weighted by Crippen LogP contribution is -2.34. The molecule has 0 spiro atoms. The van der Waals surface area contributed by atoms with Crippen LogP contribution in [0.1, 0.15) is 53.4 Å². The van der Waals surface area contributed by atoms with Crippen molar-refractivity contribution < 1.29 is 0 Å². The third kappa shape index (κ3) is 3.07. The molecule has 0 aromatic carbocycles. The molecule has 2 rings (SSSR count). The Hall–Kier alpha value is 0.310. The van der Waals surface area contributed by atoms with Gasteiger partial charge < -0.3 is 5.32 Å². The van der Waals surface area contributed by atoms with E-state index in [-0.39, 0.29) is 0 Å². The van der Waals surface area contributed by atoms with Crippen molar-refractivity contribution in [3.63, 3.8) is 0 Å². The van der Waals surface area contributed by atoms with Gasteiger partial charge in [-0.3, -0.25) is 0 Å². The van der Waals surface area contributed by atoms with Gasteiger partial charge in [0, 0.05) is 5.25 Å². The summed E-state index contributed by atoms with van der Waals surface area (Å²) in [5.74, 6) is 3.42. The Kier molecular flexibility index (Phi) is 4.70. The minimum atomic E-state index is 0.487. The Morgan fingerprint density at radius 1 is 1.22 bits per heavy atom. The second-order valence-corrected chi connectivity index (χ2v) is 8.23. The van der Waals surface area contributed by atoms with Gasteiger partial charge in [-0.05, 0) is 61.4 Å². The van der Waals surface area contributed by atoms with E-state index in [1.54, 1.807) is 0 Å². The van der Waals surface area contributed by atoms with Crippen LogP contribution in [0.5, 0.6) is 0 Å². The van der Waals surface area contributed by atoms with Crippen molar-refractivity contribution in [3.05, 3.63) is 0 Å². The summed E-state index contributed by atoms with van der Waals surface area (Å²) in [6, 6.07) is 0. The SMILES string of the molecule is CCC1CC(S)CC(C)C2CNCC2C(C)(C)C1. The number of thiol groups is 1. The van der Waals surface area contributed by atoms with Gasteiger partial charge >= 0.3 is 0 Å². The van der Waals surface area contributed by atoms with Crippen molar-refractivity contribution in [2.75, 3.05) is 13.1 Å². The zero-order chi connectivity index (χ0) is 13.3. The highest BCUT2D eigenvalue weighted by atomic mass is 32.1. The minimum Gasteiger partial charge on any atom is -0.316 e. The molecule has 2 aliphatic rings. The summed E-state index contributed by atoms with van der Waals surface area (Å²) in [5.41, 5.74) is 0.487. The molecule has 1 aliphatic heterocycles. The Morgan fingerprint density at radius 2 is 1.94 bits per heavy atom. The van der Waals surface area contributed by atoms with E-state index in [9.17, 15) is 0 Å². The van der Waals surface area contributed by atoms with E-state index in [1.807, 2.05) is 0 Å². The van der Waals surface area contributed by atoms with Crippen LogP contribution in [-0.2, 0) is 0 Å². The van der Waals surface area contributed by atoms with Gasteiger partial charge in [0.05, 0.1) is 0 Å². The van der Waals surface area contributed by atoms with Crippen LogP contribution >= 0.6 is 12.6 Å². The van der Waals surface area contributed by atoms with E-state index < -0.39 is 0 Å². The maximum Gasteiger partial charge on any atom is 0.00220 e. The normalized spacial score (nSPS) is 44.8. The molecule has 5 atom stereocenters. The molecule has 1 N–H and O–H groups in total. The molecule has 1 nitrogen and oxygen atoms in total. The zero-order valence-electron chi connectivity index (χ0n) is 12.6. The highest BCUT2D eigenvalue weighted by molar-refractivity contribution is 7.80. The van der Waals surface area contributed by atoms with Crippen LogP contribution in [0.2, 0.25) is 0 Å². The van der Waals surface area contributed by atoms with E-state index in [0.29, 0.717) is 10.7 Å². The minimum absolute atomic E-state index is 0.487. The van der Waals surface area contributed by atoms with E-state index in [4.69, 9.17) is 12.6 Å². The largest absolute Gasteiger partial charge is 0.316 e. The molecule has 1 saturated carbocycles. The molecule has 0 radical (unpaired) electrons. The fourth-order valence-electron chi connectivity index (χ4n) is 4.53. The van der Waals surface area contributed by atoms with E-state index >= 15 is 0 Å². The molecule has 1 aliphatic carbocycles. The summed E-state index contributed by atoms with van der Waals surface area (Å²) in [4.78, 5) is 0. The van der Waals surface area contributed by atoms with Crippen LogP contribution in [-0.4, -0.2) is 18.3 Å². The molecular weight excluding hydrogens is 238 g/mol. The van der Waals surface area contributed by atoms with Crippen LogP contribution < -0.4 is 5.32 Å². The molecule has 2 fully saturated rings. The lowest BCUT2D eigenvalue weighted by Gasteiger charge is -2.38. The van der Waals surface area contributed by atoms with Crippen LogP contribution in [0.4, 0.5) is 0 Å². The van der Waals surface area contributed by atoms with Gasteiger partial charge in [-0.1, -0.05) is 34.1 Å². The average molecular weight is 269 g/mol. The summed E-state index contributed by atoms with van der Waals surface area (Å²) in [7, 11) is 0. The predicted octanol–water partition coefficient (Wildman–Crippen LogP) is 3.99. The first-order valence-electron chi connectivity index (χ1n) is 7.82. The first-order chi connectivity index (χ1) is 8.44. The molecule has 0 aromatic heterocycles. The Labute approximate surface area is 119 Å². The predicted molar refractivity (Wildman–Crippen MR) is 83.2 cm³/mol. The Bertz CT molecular complexity index is 276. The third-order valence-corrected chi connectivity index (χ3v) is 6.06. The number of hydrogen-bond donors (Lipinski definition) is 2. The van der Waals surface area contributed by atoms with Crippen molar-refractivity contribution in [2.45, 2.75) is 58.6 Å². The zero-order valence-corrected chi connectivity index (χ0v) is 13.5. The molecule has 0 aromatic rings. The topological polar surface area (TPSA) is 12.0 Å². The maximum atomic E-state index is 4.86. The fraction of sp³-hybridized carbons (Fsp3) is 1.00. The monoisotopic (exact) mass is 269 g/mol. The Morgan fingerprint density at radius 3 is 2.61 bits per heavy atom. The van der Waals surface area contributed by atoms with Gasteiger partial charge in [0.15, 0.2) is 0 Å². The lowest BCUT2D eigenvalue weighted by atomic mass is 9.66. The van der Waals surface area contributed by atoms with Crippen LogP contribution in [0.3, 0.4) is 0 Å². The van der Waals surface area contributed by atoms with Gasteiger partial charge in [0.2, 0.25) is 0 Å². The average Bonchev–Trinajstić information content (AvgIpc) is 2.76. The van der Waals surface area contributed by atoms with Crippen LogP contribution in [0.25, 0.3) is 0 Å². The smallest absolute Gasteiger partial charge is 0.00220 e. The summed E-state index contributed by atoms with van der Waals surface area (Å²) in [6.07, 6.45) is 5.33. The molecular formula is C16H31NS. The molecule has 2 heteroatoms. The summed E-state index contributed by atoms with van der Waals surface area (Å²) in [6.45, 7) is 12.3. The first-order valence-corrected chi connectivity index (χ1v) is 8.34. The number of rotatable bonds is 1.